The molecule has 0 unspecified atom stereocenters. The molecule has 124 valence electrons. The van der Waals surface area contributed by atoms with E-state index >= 15 is 0 Å². The maximum atomic E-state index is 12.5. The van der Waals surface area contributed by atoms with Crippen LogP contribution in [-0.4, -0.2) is 13.1 Å². The third-order valence-electron chi connectivity index (χ3n) is 4.78. The average molecular weight is 322 g/mol. The predicted octanol–water partition coefficient (Wildman–Crippen LogP) is 4.77. The van der Waals surface area contributed by atoms with E-state index in [4.69, 9.17) is 9.47 Å². The molecule has 0 N–H and O–H groups in total. The van der Waals surface area contributed by atoms with Crippen LogP contribution in [0, 0.1) is 0 Å². The fourth-order valence-corrected chi connectivity index (χ4v) is 3.39. The van der Waals surface area contributed by atoms with Gasteiger partial charge < -0.3 is 9.47 Å². The van der Waals surface area contributed by atoms with E-state index in [2.05, 4.69) is 19.9 Å². The van der Waals surface area contributed by atoms with Crippen molar-refractivity contribution in [3.05, 3.63) is 71.3 Å². The first-order chi connectivity index (χ1) is 11.7. The second-order valence-electron chi connectivity index (χ2n) is 5.91. The minimum atomic E-state index is -0.389. The van der Waals surface area contributed by atoms with Crippen molar-refractivity contribution in [2.45, 2.75) is 32.3 Å². The second-order valence-corrected chi connectivity index (χ2v) is 5.91. The minimum absolute atomic E-state index is 0.381. The molecule has 1 aliphatic rings. The zero-order valence-electron chi connectivity index (χ0n) is 14.3. The number of esters is 1. The molecule has 3 nitrogen and oxygen atoms in total. The van der Waals surface area contributed by atoms with E-state index in [9.17, 15) is 4.79 Å². The topological polar surface area (TPSA) is 35.5 Å². The number of ether oxygens (including phenoxy) is 2. The highest BCUT2D eigenvalue weighted by Crippen LogP contribution is 2.49. The van der Waals surface area contributed by atoms with Crippen LogP contribution in [0.5, 0.6) is 0 Å². The zero-order valence-corrected chi connectivity index (χ0v) is 14.3. The molecule has 1 heterocycles. The average Bonchev–Trinajstić information content (AvgIpc) is 2.98. The van der Waals surface area contributed by atoms with Gasteiger partial charge in [-0.05, 0) is 18.4 Å². The minimum Gasteiger partial charge on any atom is -0.481 e. The van der Waals surface area contributed by atoms with Crippen LogP contribution in [0.25, 0.3) is 11.3 Å². The summed E-state index contributed by atoms with van der Waals surface area (Å²) in [5.41, 5.74) is 3.01. The molecule has 3 heteroatoms. The molecule has 0 radical (unpaired) electrons. The van der Waals surface area contributed by atoms with Gasteiger partial charge in [0.2, 0.25) is 0 Å². The zero-order chi connectivity index (χ0) is 17.2. The van der Waals surface area contributed by atoms with Crippen LogP contribution in [0.15, 0.2) is 54.6 Å². The molecule has 3 rings (SSSR count). The van der Waals surface area contributed by atoms with Crippen molar-refractivity contribution >= 4 is 17.3 Å². The summed E-state index contributed by atoms with van der Waals surface area (Å²) in [6.45, 7) is 4.23. The summed E-state index contributed by atoms with van der Waals surface area (Å²) in [6, 6.07) is 17.7. The molecule has 0 saturated heterocycles. The van der Waals surface area contributed by atoms with Crippen molar-refractivity contribution in [3.63, 3.8) is 0 Å². The van der Waals surface area contributed by atoms with E-state index in [1.54, 1.807) is 0 Å². The van der Waals surface area contributed by atoms with Gasteiger partial charge in [-0.3, -0.25) is 0 Å². The van der Waals surface area contributed by atoms with Gasteiger partial charge in [0.15, 0.2) is 0 Å². The van der Waals surface area contributed by atoms with E-state index in [1.165, 1.54) is 7.11 Å². The normalized spacial score (nSPS) is 17.0. The number of benzene rings is 2. The number of hydrogen-bond acceptors (Lipinski definition) is 3. The SMILES string of the molecule is CCC1(CC)O/C(=C(\C(=O)OC)c2ccccc2)c2ccccc21. The smallest absolute Gasteiger partial charge is 0.342 e. The lowest BCUT2D eigenvalue weighted by Gasteiger charge is -2.27. The molecule has 0 spiro atoms. The Hall–Kier alpha value is -2.55. The monoisotopic (exact) mass is 322 g/mol. The number of carbonyl (C=O) groups is 1. The summed E-state index contributed by atoms with van der Waals surface area (Å²) in [4.78, 5) is 12.5. The highest BCUT2D eigenvalue weighted by atomic mass is 16.5. The van der Waals surface area contributed by atoms with Crippen LogP contribution in [-0.2, 0) is 19.9 Å². The fraction of sp³-hybridized carbons (Fsp3) is 0.286. The Morgan fingerprint density at radius 2 is 1.62 bits per heavy atom. The van der Waals surface area contributed by atoms with Crippen LogP contribution in [0.2, 0.25) is 0 Å². The van der Waals surface area contributed by atoms with E-state index < -0.39 is 0 Å². The Kier molecular flexibility index (Phi) is 4.43. The van der Waals surface area contributed by atoms with Crippen LogP contribution < -0.4 is 0 Å². The van der Waals surface area contributed by atoms with Gasteiger partial charge in [-0.2, -0.15) is 0 Å². The number of carbonyl (C=O) groups excluding carboxylic acids is 1. The predicted molar refractivity (Wildman–Crippen MR) is 95.1 cm³/mol. The molecule has 1 aliphatic heterocycles. The molecular formula is C21H22O3. The van der Waals surface area contributed by atoms with Crippen molar-refractivity contribution in [2.75, 3.05) is 7.11 Å². The largest absolute Gasteiger partial charge is 0.481 e. The van der Waals surface area contributed by atoms with E-state index in [-0.39, 0.29) is 11.6 Å². The molecular weight excluding hydrogens is 300 g/mol. The first-order valence-corrected chi connectivity index (χ1v) is 8.33. The standard InChI is InChI=1S/C21H22O3/c1-4-21(5-2)17-14-10-9-13-16(17)19(24-21)18(20(22)23-3)15-11-7-6-8-12-15/h6-14H,4-5H2,1-3H3/b19-18-. The van der Waals surface area contributed by atoms with Crippen molar-refractivity contribution in [1.82, 2.24) is 0 Å². The Morgan fingerprint density at radius 3 is 2.25 bits per heavy atom. The van der Waals surface area contributed by atoms with Gasteiger partial charge in [0, 0.05) is 11.1 Å². The van der Waals surface area contributed by atoms with Crippen LogP contribution in [0.3, 0.4) is 0 Å². The molecule has 0 amide bonds. The van der Waals surface area contributed by atoms with E-state index in [0.29, 0.717) is 11.3 Å². The lowest BCUT2D eigenvalue weighted by molar-refractivity contribution is -0.133. The second kappa shape index (κ2) is 6.52. The Balaban J connectivity index is 2.29. The summed E-state index contributed by atoms with van der Waals surface area (Å²) in [6.07, 6.45) is 1.68. The first kappa shape index (κ1) is 16.3. The van der Waals surface area contributed by atoms with E-state index in [0.717, 1.165) is 29.5 Å². The lowest BCUT2D eigenvalue weighted by Crippen LogP contribution is -2.23. The van der Waals surface area contributed by atoms with Crippen molar-refractivity contribution in [3.8, 4) is 0 Å². The van der Waals surface area contributed by atoms with Gasteiger partial charge in [0.25, 0.3) is 0 Å². The Morgan fingerprint density at radius 1 is 1.00 bits per heavy atom. The fourth-order valence-electron chi connectivity index (χ4n) is 3.39. The summed E-state index contributed by atoms with van der Waals surface area (Å²) >= 11 is 0. The third kappa shape index (κ3) is 2.50. The number of rotatable bonds is 4. The molecule has 0 bridgehead atoms. The maximum absolute atomic E-state index is 12.5. The van der Waals surface area contributed by atoms with Gasteiger partial charge in [-0.1, -0.05) is 68.4 Å². The Bertz CT molecular complexity index is 771. The van der Waals surface area contributed by atoms with Crippen LogP contribution in [0.4, 0.5) is 0 Å². The van der Waals surface area contributed by atoms with Gasteiger partial charge >= 0.3 is 5.97 Å². The highest BCUT2D eigenvalue weighted by Gasteiger charge is 2.42. The molecule has 0 aromatic heterocycles. The molecule has 0 saturated carbocycles. The van der Waals surface area contributed by atoms with Crippen molar-refractivity contribution in [2.24, 2.45) is 0 Å². The summed E-state index contributed by atoms with van der Waals surface area (Å²) in [5, 5.41) is 0. The summed E-state index contributed by atoms with van der Waals surface area (Å²) in [7, 11) is 1.40. The van der Waals surface area contributed by atoms with Gasteiger partial charge in [0.05, 0.1) is 7.11 Å². The molecule has 2 aromatic carbocycles. The van der Waals surface area contributed by atoms with E-state index in [1.807, 2.05) is 48.5 Å². The Labute approximate surface area is 142 Å². The van der Waals surface area contributed by atoms with Crippen molar-refractivity contribution in [1.29, 1.82) is 0 Å². The molecule has 24 heavy (non-hydrogen) atoms. The number of methoxy groups -OCH3 is 1. The highest BCUT2D eigenvalue weighted by molar-refractivity contribution is 6.24. The quantitative estimate of drug-likeness (QED) is 0.600. The molecule has 2 aromatic rings. The number of fused-ring (bicyclic) bond motifs is 1. The lowest BCUT2D eigenvalue weighted by atomic mass is 9.87. The van der Waals surface area contributed by atoms with Crippen LogP contribution in [0.1, 0.15) is 43.4 Å². The summed E-state index contributed by atoms with van der Waals surface area (Å²) in [5.74, 6) is 0.237. The third-order valence-corrected chi connectivity index (χ3v) is 4.78. The summed E-state index contributed by atoms with van der Waals surface area (Å²) < 4.78 is 11.5. The molecule has 0 atom stereocenters. The maximum Gasteiger partial charge on any atom is 0.342 e. The molecule has 0 aliphatic carbocycles. The van der Waals surface area contributed by atoms with Crippen LogP contribution >= 0.6 is 0 Å². The first-order valence-electron chi connectivity index (χ1n) is 8.33. The van der Waals surface area contributed by atoms with Crippen molar-refractivity contribution < 1.29 is 14.3 Å². The molecule has 0 fully saturated rings. The van der Waals surface area contributed by atoms with Gasteiger partial charge in [-0.15, -0.1) is 0 Å². The number of hydrogen-bond donors (Lipinski definition) is 0. The van der Waals surface area contributed by atoms with Gasteiger partial charge in [0.1, 0.15) is 16.9 Å². The van der Waals surface area contributed by atoms with Gasteiger partial charge in [-0.25, -0.2) is 4.79 Å².